The van der Waals surface area contributed by atoms with Crippen molar-refractivity contribution in [3.05, 3.63) is 30.0 Å². The number of pyridine rings is 1. The topological polar surface area (TPSA) is 52.4 Å². The predicted octanol–water partition coefficient (Wildman–Crippen LogP) is 2.91. The fraction of sp³-hybridized carbons (Fsp3) is 0.444. The van der Waals surface area contributed by atoms with Gasteiger partial charge in [0, 0.05) is 43.2 Å². The van der Waals surface area contributed by atoms with Gasteiger partial charge >= 0.3 is 0 Å². The molecule has 0 bridgehead atoms. The summed E-state index contributed by atoms with van der Waals surface area (Å²) in [4.78, 5) is 6.79. The van der Waals surface area contributed by atoms with Crippen LogP contribution in [0.2, 0.25) is 0 Å². The van der Waals surface area contributed by atoms with E-state index >= 15 is 0 Å². The number of nitriles is 1. The summed E-state index contributed by atoms with van der Waals surface area (Å²) in [6, 6.07) is 8.23. The van der Waals surface area contributed by atoms with E-state index in [1.165, 1.54) is 6.42 Å². The van der Waals surface area contributed by atoms with Gasteiger partial charge in [0.15, 0.2) is 0 Å². The minimum Gasteiger partial charge on any atom is -0.494 e. The maximum atomic E-state index is 9.55. The van der Waals surface area contributed by atoms with E-state index in [0.717, 1.165) is 48.5 Å². The van der Waals surface area contributed by atoms with Gasteiger partial charge in [0.1, 0.15) is 17.3 Å². The Bertz CT molecular complexity index is 826. The van der Waals surface area contributed by atoms with Gasteiger partial charge in [0.25, 0.3) is 0 Å². The molecule has 5 nitrogen and oxygen atoms in total. The highest BCUT2D eigenvalue weighted by Crippen LogP contribution is 2.46. The zero-order valence-electron chi connectivity index (χ0n) is 14.0. The van der Waals surface area contributed by atoms with Gasteiger partial charge in [-0.2, -0.15) is 5.26 Å². The number of rotatable bonds is 3. The number of hydrogen-bond acceptors (Lipinski definition) is 6. The number of hydrogen-bond donors (Lipinski definition) is 0. The van der Waals surface area contributed by atoms with Crippen molar-refractivity contribution in [2.24, 2.45) is 5.41 Å². The monoisotopic (exact) mass is 340 g/mol. The lowest BCUT2D eigenvalue weighted by molar-refractivity contribution is 0.233. The van der Waals surface area contributed by atoms with Gasteiger partial charge in [0.05, 0.1) is 18.4 Å². The molecule has 0 radical (unpaired) electrons. The molecule has 0 unspecified atom stereocenters. The minimum absolute atomic E-state index is 0.379. The molecule has 2 aliphatic rings. The first kappa shape index (κ1) is 15.6. The number of para-hydroxylation sites is 1. The molecule has 24 heavy (non-hydrogen) atoms. The van der Waals surface area contributed by atoms with Crippen LogP contribution in [0.1, 0.15) is 12.0 Å². The fourth-order valence-electron chi connectivity index (χ4n) is 4.00. The molecule has 2 fully saturated rings. The average Bonchev–Trinajstić information content (AvgIpc) is 3.03. The van der Waals surface area contributed by atoms with E-state index in [9.17, 15) is 5.26 Å². The molecule has 3 heterocycles. The molecule has 1 aromatic heterocycles. The Hall–Kier alpha value is -1.97. The molecule has 4 rings (SSSR count). The molecule has 0 atom stereocenters. The third kappa shape index (κ3) is 2.31. The van der Waals surface area contributed by atoms with Crippen LogP contribution in [0.25, 0.3) is 10.9 Å². The maximum Gasteiger partial charge on any atom is 0.145 e. The number of nitrogens with zero attached hydrogens (tertiary/aromatic N) is 4. The van der Waals surface area contributed by atoms with Gasteiger partial charge in [0.2, 0.25) is 0 Å². The van der Waals surface area contributed by atoms with Gasteiger partial charge in [-0.05, 0) is 18.7 Å². The lowest BCUT2D eigenvalue weighted by Crippen LogP contribution is -2.57. The Balaban J connectivity index is 1.71. The molecule has 124 valence electrons. The Kier molecular flexibility index (Phi) is 3.78. The highest BCUT2D eigenvalue weighted by atomic mass is 32.2. The molecule has 6 heteroatoms. The van der Waals surface area contributed by atoms with Crippen LogP contribution in [0.3, 0.4) is 0 Å². The van der Waals surface area contributed by atoms with Crippen LogP contribution in [0.5, 0.6) is 5.75 Å². The summed E-state index contributed by atoms with van der Waals surface area (Å²) in [6.07, 6.45) is 5.05. The van der Waals surface area contributed by atoms with E-state index in [1.54, 1.807) is 13.3 Å². The van der Waals surface area contributed by atoms with Gasteiger partial charge in [-0.25, -0.2) is 0 Å². The number of aromatic nitrogens is 1. The van der Waals surface area contributed by atoms with E-state index < -0.39 is 0 Å². The normalized spacial score (nSPS) is 19.5. The van der Waals surface area contributed by atoms with E-state index in [-0.39, 0.29) is 0 Å². The molecular weight excluding hydrogens is 320 g/mol. The largest absolute Gasteiger partial charge is 0.494 e. The van der Waals surface area contributed by atoms with Crippen molar-refractivity contribution in [3.63, 3.8) is 0 Å². The van der Waals surface area contributed by atoms with Gasteiger partial charge in [-0.3, -0.25) is 9.29 Å². The van der Waals surface area contributed by atoms with Crippen LogP contribution < -0.4 is 9.64 Å². The molecule has 0 aliphatic carbocycles. The first-order valence-corrected chi connectivity index (χ1v) is 9.28. The lowest BCUT2D eigenvalue weighted by atomic mass is 9.78. The third-order valence-corrected chi connectivity index (χ3v) is 6.03. The van der Waals surface area contributed by atoms with Crippen LogP contribution in [-0.2, 0) is 0 Å². The molecule has 2 aliphatic heterocycles. The van der Waals surface area contributed by atoms with Crippen LogP contribution >= 0.6 is 11.9 Å². The molecular formula is C18H20N4OS. The number of fused-ring (bicyclic) bond motifs is 1. The van der Waals surface area contributed by atoms with Crippen molar-refractivity contribution in [1.82, 2.24) is 9.29 Å². The standard InChI is InChI=1S/C18H20N4OS/c1-23-15-5-3-4-14-16(15)20-9-13(8-19)17(14)21-10-18(11-21)6-7-22(12-18)24-2/h3-5,9H,6-7,10-12H2,1-2H3. The SMILES string of the molecule is COc1cccc2c(N3CC4(CCN(SC)C4)C3)c(C#N)cnc12. The first-order valence-electron chi connectivity index (χ1n) is 8.09. The Morgan fingerprint density at radius 3 is 2.83 bits per heavy atom. The van der Waals surface area contributed by atoms with E-state index in [2.05, 4.69) is 26.5 Å². The summed E-state index contributed by atoms with van der Waals surface area (Å²) in [5.74, 6) is 0.753. The second-order valence-electron chi connectivity index (χ2n) is 6.64. The average molecular weight is 340 g/mol. The molecule has 2 aromatic rings. The van der Waals surface area contributed by atoms with E-state index in [4.69, 9.17) is 4.74 Å². The van der Waals surface area contributed by atoms with Crippen LogP contribution in [0, 0.1) is 16.7 Å². The van der Waals surface area contributed by atoms with Crippen LogP contribution in [0.4, 0.5) is 5.69 Å². The number of anilines is 1. The maximum absolute atomic E-state index is 9.55. The predicted molar refractivity (Wildman–Crippen MR) is 97.4 cm³/mol. The summed E-state index contributed by atoms with van der Waals surface area (Å²) in [7, 11) is 1.66. The van der Waals surface area contributed by atoms with Crippen molar-refractivity contribution in [3.8, 4) is 11.8 Å². The van der Waals surface area contributed by atoms with Crippen LogP contribution in [0.15, 0.2) is 24.4 Å². The summed E-state index contributed by atoms with van der Waals surface area (Å²) >= 11 is 1.83. The van der Waals surface area contributed by atoms with Crippen molar-refractivity contribution < 1.29 is 4.74 Å². The molecule has 0 amide bonds. The van der Waals surface area contributed by atoms with Gasteiger partial charge < -0.3 is 9.64 Å². The van der Waals surface area contributed by atoms with E-state index in [1.807, 2.05) is 30.1 Å². The van der Waals surface area contributed by atoms with Crippen molar-refractivity contribution in [2.45, 2.75) is 6.42 Å². The summed E-state index contributed by atoms with van der Waals surface area (Å²) in [5.41, 5.74) is 2.86. The van der Waals surface area contributed by atoms with E-state index in [0.29, 0.717) is 11.0 Å². The minimum atomic E-state index is 0.379. The Morgan fingerprint density at radius 1 is 1.33 bits per heavy atom. The molecule has 1 spiro atoms. The van der Waals surface area contributed by atoms with Gasteiger partial charge in [-0.1, -0.05) is 24.1 Å². The second-order valence-corrected chi connectivity index (χ2v) is 7.52. The Labute approximate surface area is 146 Å². The van der Waals surface area contributed by atoms with Crippen LogP contribution in [-0.4, -0.2) is 48.8 Å². The van der Waals surface area contributed by atoms with Crippen molar-refractivity contribution in [1.29, 1.82) is 5.26 Å². The second kappa shape index (κ2) is 5.83. The summed E-state index contributed by atoms with van der Waals surface area (Å²) < 4.78 is 7.88. The zero-order chi connectivity index (χ0) is 16.7. The highest BCUT2D eigenvalue weighted by molar-refractivity contribution is 7.96. The Morgan fingerprint density at radius 2 is 2.17 bits per heavy atom. The first-order chi connectivity index (χ1) is 11.7. The molecule has 1 aromatic carbocycles. The lowest BCUT2D eigenvalue weighted by Gasteiger charge is -2.50. The number of methoxy groups -OCH3 is 1. The summed E-state index contributed by atoms with van der Waals surface area (Å²) in [6.45, 7) is 4.31. The smallest absolute Gasteiger partial charge is 0.145 e. The fourth-order valence-corrected chi connectivity index (χ4v) is 4.68. The molecule has 0 saturated carbocycles. The third-order valence-electron chi connectivity index (χ3n) is 5.20. The molecule has 0 N–H and O–H groups in total. The zero-order valence-corrected chi connectivity index (χ0v) is 14.8. The number of benzene rings is 1. The quantitative estimate of drug-likeness (QED) is 0.801. The summed E-state index contributed by atoms with van der Waals surface area (Å²) in [5, 5.41) is 10.6. The van der Waals surface area contributed by atoms with Crippen molar-refractivity contribution in [2.75, 3.05) is 44.4 Å². The number of ether oxygens (including phenoxy) is 1. The van der Waals surface area contributed by atoms with Gasteiger partial charge in [-0.15, -0.1) is 0 Å². The van der Waals surface area contributed by atoms with Crippen molar-refractivity contribution >= 4 is 28.5 Å². The highest BCUT2D eigenvalue weighted by Gasteiger charge is 2.48. The molecule has 2 saturated heterocycles.